The van der Waals surface area contributed by atoms with Gasteiger partial charge >= 0.3 is 0 Å². The lowest BCUT2D eigenvalue weighted by Crippen LogP contribution is -2.31. The van der Waals surface area contributed by atoms with Crippen molar-refractivity contribution in [3.8, 4) is 0 Å². The molecule has 0 radical (unpaired) electrons. The van der Waals surface area contributed by atoms with Gasteiger partial charge in [0.1, 0.15) is 0 Å². The van der Waals surface area contributed by atoms with Crippen LogP contribution < -0.4 is 0 Å². The lowest BCUT2D eigenvalue weighted by Gasteiger charge is -2.37. The third kappa shape index (κ3) is 2.45. The minimum absolute atomic E-state index is 0.277. The van der Waals surface area contributed by atoms with Crippen LogP contribution in [-0.2, 0) is 16.8 Å². The SMILES string of the molecule is O=C=NC1(c2ccc(CCCF)cc2)CCC1. The summed E-state index contributed by atoms with van der Waals surface area (Å²) in [6.45, 7) is -0.277. The molecule has 1 aromatic rings. The molecule has 1 aliphatic carbocycles. The number of hydrogen-bond acceptors (Lipinski definition) is 2. The van der Waals surface area contributed by atoms with Crippen LogP contribution in [0.15, 0.2) is 29.3 Å². The molecule has 1 aromatic carbocycles. The molecule has 0 unspecified atom stereocenters. The van der Waals surface area contributed by atoms with E-state index in [0.29, 0.717) is 6.42 Å². The molecular weight excluding hydrogens is 217 g/mol. The number of aryl methyl sites for hydroxylation is 1. The molecule has 90 valence electrons. The van der Waals surface area contributed by atoms with Gasteiger partial charge in [0.2, 0.25) is 6.08 Å². The van der Waals surface area contributed by atoms with Gasteiger partial charge in [-0.15, -0.1) is 0 Å². The van der Waals surface area contributed by atoms with Gasteiger partial charge in [0.15, 0.2) is 0 Å². The molecule has 17 heavy (non-hydrogen) atoms. The van der Waals surface area contributed by atoms with Gasteiger partial charge in [-0.05, 0) is 43.2 Å². The molecule has 0 N–H and O–H groups in total. The number of halogens is 1. The van der Waals surface area contributed by atoms with Crippen LogP contribution in [0.4, 0.5) is 4.39 Å². The van der Waals surface area contributed by atoms with Gasteiger partial charge in [-0.3, -0.25) is 4.39 Å². The van der Waals surface area contributed by atoms with Crippen molar-refractivity contribution in [3.63, 3.8) is 0 Å². The highest BCUT2D eigenvalue weighted by molar-refractivity contribution is 5.40. The van der Waals surface area contributed by atoms with E-state index < -0.39 is 0 Å². The van der Waals surface area contributed by atoms with E-state index >= 15 is 0 Å². The lowest BCUT2D eigenvalue weighted by atomic mass is 9.72. The molecule has 3 heteroatoms. The third-order valence-electron chi connectivity index (χ3n) is 3.53. The van der Waals surface area contributed by atoms with Crippen LogP contribution in [0.3, 0.4) is 0 Å². The molecule has 2 nitrogen and oxygen atoms in total. The fourth-order valence-electron chi connectivity index (χ4n) is 2.32. The summed E-state index contributed by atoms with van der Waals surface area (Å²) in [6.07, 6.45) is 5.97. The first-order chi connectivity index (χ1) is 8.30. The van der Waals surface area contributed by atoms with E-state index in [-0.39, 0.29) is 12.2 Å². The summed E-state index contributed by atoms with van der Waals surface area (Å²) in [7, 11) is 0. The average molecular weight is 233 g/mol. The van der Waals surface area contributed by atoms with Crippen molar-refractivity contribution in [2.45, 2.75) is 37.6 Å². The minimum atomic E-state index is -0.319. The predicted octanol–water partition coefficient (Wildman–Crippen LogP) is 3.30. The second-order valence-corrected chi connectivity index (χ2v) is 4.58. The Morgan fingerprint density at radius 1 is 1.29 bits per heavy atom. The number of isocyanates is 1. The molecule has 0 amide bonds. The maximum absolute atomic E-state index is 12.1. The fourth-order valence-corrected chi connectivity index (χ4v) is 2.32. The molecule has 1 fully saturated rings. The van der Waals surface area contributed by atoms with E-state index in [1.807, 2.05) is 24.3 Å². The molecular formula is C14H16FNO. The van der Waals surface area contributed by atoms with Crippen molar-refractivity contribution in [2.24, 2.45) is 4.99 Å². The first kappa shape index (κ1) is 12.0. The third-order valence-corrected chi connectivity index (χ3v) is 3.53. The van der Waals surface area contributed by atoms with E-state index in [2.05, 4.69) is 4.99 Å². The zero-order valence-electron chi connectivity index (χ0n) is 9.79. The number of alkyl halides is 1. The average Bonchev–Trinajstić information content (AvgIpc) is 2.32. The lowest BCUT2D eigenvalue weighted by molar-refractivity contribution is 0.256. The Labute approximate surface area is 101 Å². The van der Waals surface area contributed by atoms with E-state index in [9.17, 15) is 9.18 Å². The van der Waals surface area contributed by atoms with Crippen molar-refractivity contribution >= 4 is 6.08 Å². The molecule has 0 spiro atoms. The number of benzene rings is 1. The van der Waals surface area contributed by atoms with Gasteiger partial charge in [0.25, 0.3) is 0 Å². The first-order valence-electron chi connectivity index (χ1n) is 6.05. The number of nitrogens with zero attached hydrogens (tertiary/aromatic N) is 1. The Kier molecular flexibility index (Phi) is 3.70. The number of rotatable bonds is 5. The quantitative estimate of drug-likeness (QED) is 0.566. The molecule has 1 saturated carbocycles. The summed E-state index contributed by atoms with van der Waals surface area (Å²) >= 11 is 0. The summed E-state index contributed by atoms with van der Waals surface area (Å²) in [5.74, 6) is 0. The van der Waals surface area contributed by atoms with E-state index in [1.54, 1.807) is 6.08 Å². The van der Waals surface area contributed by atoms with Crippen LogP contribution in [-0.4, -0.2) is 12.8 Å². The van der Waals surface area contributed by atoms with Gasteiger partial charge < -0.3 is 0 Å². The van der Waals surface area contributed by atoms with Gasteiger partial charge in [-0.2, -0.15) is 4.99 Å². The van der Waals surface area contributed by atoms with Crippen LogP contribution in [0.5, 0.6) is 0 Å². The molecule has 0 aliphatic heterocycles. The predicted molar refractivity (Wildman–Crippen MR) is 64.4 cm³/mol. The number of hydrogen-bond donors (Lipinski definition) is 0. The Hall–Kier alpha value is -1.47. The summed E-state index contributed by atoms with van der Waals surface area (Å²) < 4.78 is 12.1. The molecule has 0 aromatic heterocycles. The topological polar surface area (TPSA) is 29.4 Å². The van der Waals surface area contributed by atoms with Gasteiger partial charge in [0.05, 0.1) is 12.2 Å². The number of carbonyl (C=O) groups excluding carboxylic acids is 1. The minimum Gasteiger partial charge on any atom is -0.251 e. The molecule has 2 rings (SSSR count). The van der Waals surface area contributed by atoms with Gasteiger partial charge in [0, 0.05) is 0 Å². The van der Waals surface area contributed by atoms with Crippen LogP contribution >= 0.6 is 0 Å². The molecule has 0 saturated heterocycles. The van der Waals surface area contributed by atoms with Crippen molar-refractivity contribution in [3.05, 3.63) is 35.4 Å². The van der Waals surface area contributed by atoms with Gasteiger partial charge in [-0.25, -0.2) is 4.79 Å². The standard InChI is InChI=1S/C14H16FNO/c15-10-1-3-12-4-6-13(7-5-12)14(16-11-17)8-2-9-14/h4-7H,1-3,8-10H2. The van der Waals surface area contributed by atoms with Crippen molar-refractivity contribution in [2.75, 3.05) is 6.67 Å². The van der Waals surface area contributed by atoms with Crippen LogP contribution in [0.25, 0.3) is 0 Å². The Balaban J connectivity index is 2.14. The number of aliphatic imine (C=N–C) groups is 1. The molecule has 0 atom stereocenters. The van der Waals surface area contributed by atoms with E-state index in [1.165, 1.54) is 0 Å². The largest absolute Gasteiger partial charge is 0.251 e. The summed E-state index contributed by atoms with van der Waals surface area (Å²) in [5, 5.41) is 0. The summed E-state index contributed by atoms with van der Waals surface area (Å²) in [5.41, 5.74) is 1.90. The maximum Gasteiger partial charge on any atom is 0.235 e. The first-order valence-corrected chi connectivity index (χ1v) is 6.05. The van der Waals surface area contributed by atoms with Crippen LogP contribution in [0.1, 0.15) is 36.8 Å². The Morgan fingerprint density at radius 3 is 2.47 bits per heavy atom. The fraction of sp³-hybridized carbons (Fsp3) is 0.500. The highest BCUT2D eigenvalue weighted by Gasteiger charge is 2.38. The van der Waals surface area contributed by atoms with Crippen molar-refractivity contribution < 1.29 is 9.18 Å². The highest BCUT2D eigenvalue weighted by atomic mass is 19.1. The smallest absolute Gasteiger partial charge is 0.235 e. The Bertz CT molecular complexity index is 416. The monoisotopic (exact) mass is 233 g/mol. The second kappa shape index (κ2) is 5.24. The van der Waals surface area contributed by atoms with E-state index in [0.717, 1.165) is 36.8 Å². The normalized spacial score (nSPS) is 17.0. The summed E-state index contributed by atoms with van der Waals surface area (Å²) in [4.78, 5) is 14.4. The molecule has 0 bridgehead atoms. The van der Waals surface area contributed by atoms with E-state index in [4.69, 9.17) is 0 Å². The van der Waals surface area contributed by atoms with Crippen molar-refractivity contribution in [1.82, 2.24) is 0 Å². The zero-order valence-corrected chi connectivity index (χ0v) is 9.79. The van der Waals surface area contributed by atoms with Gasteiger partial charge in [-0.1, -0.05) is 24.3 Å². The molecule has 1 aliphatic rings. The maximum atomic E-state index is 12.1. The van der Waals surface area contributed by atoms with Crippen LogP contribution in [0.2, 0.25) is 0 Å². The zero-order chi connectivity index (χ0) is 12.1. The second-order valence-electron chi connectivity index (χ2n) is 4.58. The highest BCUT2D eigenvalue weighted by Crippen LogP contribution is 2.44. The van der Waals surface area contributed by atoms with Crippen molar-refractivity contribution in [1.29, 1.82) is 0 Å². The Morgan fingerprint density at radius 2 is 2.00 bits per heavy atom. The van der Waals surface area contributed by atoms with Crippen LogP contribution in [0, 0.1) is 0 Å². The molecule has 0 heterocycles. The summed E-state index contributed by atoms with van der Waals surface area (Å²) in [6, 6.07) is 8.03.